The van der Waals surface area contributed by atoms with Gasteiger partial charge in [-0.05, 0) is 61.1 Å². The molecule has 36 heavy (non-hydrogen) atoms. The molecular weight excluding hydrogens is 446 g/mol. The van der Waals surface area contributed by atoms with Crippen LogP contribution in [0.25, 0.3) is 0 Å². The Balaban J connectivity index is 1.29. The van der Waals surface area contributed by atoms with Gasteiger partial charge in [0.15, 0.2) is 0 Å². The van der Waals surface area contributed by atoms with Crippen molar-refractivity contribution >= 4 is 5.91 Å². The Bertz CT molecular complexity index is 1130. The first kappa shape index (κ1) is 24.7. The number of carbonyl (C=O) groups is 1. The molecular formula is C31H37N3O2. The molecule has 5 rings (SSSR count). The van der Waals surface area contributed by atoms with Crippen molar-refractivity contribution in [2.75, 3.05) is 26.2 Å². The van der Waals surface area contributed by atoms with Crippen LogP contribution in [0.2, 0.25) is 0 Å². The van der Waals surface area contributed by atoms with Crippen LogP contribution in [0.15, 0.2) is 84.9 Å². The summed E-state index contributed by atoms with van der Waals surface area (Å²) in [6, 6.07) is 28.9. The van der Waals surface area contributed by atoms with Crippen molar-refractivity contribution in [3.63, 3.8) is 0 Å². The summed E-state index contributed by atoms with van der Waals surface area (Å²) in [5.41, 5.74) is 10.4. The van der Waals surface area contributed by atoms with E-state index in [4.69, 9.17) is 10.5 Å². The van der Waals surface area contributed by atoms with E-state index >= 15 is 0 Å². The standard InChI is InChI=1S/C31H37N3O2/c1-23(32)26-13-8-14-27(17-26)31(35)34-21-30(36-22-24-9-4-2-5-10-24)18-29(34)20-33-16-15-28(19-33)25-11-6-3-7-12-25/h2-14,17,23,28-30H,15-16,18-22,32H2,1H3/t23?,28?,29-,30?/m0/s1. The van der Waals surface area contributed by atoms with E-state index in [1.54, 1.807) is 0 Å². The zero-order valence-electron chi connectivity index (χ0n) is 21.1. The van der Waals surface area contributed by atoms with E-state index in [9.17, 15) is 4.79 Å². The number of benzene rings is 3. The van der Waals surface area contributed by atoms with Gasteiger partial charge in [0.25, 0.3) is 5.91 Å². The average molecular weight is 484 g/mol. The van der Waals surface area contributed by atoms with Crippen molar-refractivity contribution < 1.29 is 9.53 Å². The Hall–Kier alpha value is -2.99. The van der Waals surface area contributed by atoms with E-state index in [1.807, 2.05) is 54.3 Å². The zero-order chi connectivity index (χ0) is 24.9. The fourth-order valence-electron chi connectivity index (χ4n) is 5.62. The average Bonchev–Trinajstić information content (AvgIpc) is 3.55. The van der Waals surface area contributed by atoms with E-state index in [0.29, 0.717) is 24.6 Å². The van der Waals surface area contributed by atoms with Crippen LogP contribution in [0, 0.1) is 0 Å². The maximum atomic E-state index is 13.7. The number of amides is 1. The number of rotatable bonds is 8. The lowest BCUT2D eigenvalue weighted by Gasteiger charge is -2.28. The number of carbonyl (C=O) groups excluding carboxylic acids is 1. The summed E-state index contributed by atoms with van der Waals surface area (Å²) in [7, 11) is 0. The minimum atomic E-state index is -0.103. The molecule has 3 aromatic carbocycles. The summed E-state index contributed by atoms with van der Waals surface area (Å²) in [6.07, 6.45) is 2.05. The van der Waals surface area contributed by atoms with Crippen LogP contribution in [0.4, 0.5) is 0 Å². The van der Waals surface area contributed by atoms with Crippen LogP contribution in [0.5, 0.6) is 0 Å². The van der Waals surface area contributed by atoms with Gasteiger partial charge in [0, 0.05) is 37.3 Å². The molecule has 2 heterocycles. The predicted octanol–water partition coefficient (Wildman–Crippen LogP) is 5.00. The number of hydrogen-bond acceptors (Lipinski definition) is 4. The highest BCUT2D eigenvalue weighted by molar-refractivity contribution is 5.95. The molecule has 2 saturated heterocycles. The second-order valence-corrected chi connectivity index (χ2v) is 10.3. The van der Waals surface area contributed by atoms with Crippen molar-refractivity contribution in [2.45, 2.75) is 50.5 Å². The highest BCUT2D eigenvalue weighted by atomic mass is 16.5. The second kappa shape index (κ2) is 11.4. The molecule has 0 bridgehead atoms. The molecule has 0 spiro atoms. The Morgan fingerprint density at radius 2 is 1.75 bits per heavy atom. The van der Waals surface area contributed by atoms with Gasteiger partial charge in [-0.3, -0.25) is 4.79 Å². The third-order valence-corrected chi connectivity index (χ3v) is 7.64. The molecule has 2 N–H and O–H groups in total. The van der Waals surface area contributed by atoms with Gasteiger partial charge in [-0.1, -0.05) is 72.8 Å². The van der Waals surface area contributed by atoms with Crippen LogP contribution in [0.1, 0.15) is 58.8 Å². The van der Waals surface area contributed by atoms with Crippen LogP contribution >= 0.6 is 0 Å². The lowest BCUT2D eigenvalue weighted by Crippen LogP contribution is -2.42. The number of hydrogen-bond donors (Lipinski definition) is 1. The number of ether oxygens (including phenoxy) is 1. The third-order valence-electron chi connectivity index (χ3n) is 7.64. The molecule has 4 atom stereocenters. The van der Waals surface area contributed by atoms with Gasteiger partial charge >= 0.3 is 0 Å². The van der Waals surface area contributed by atoms with E-state index in [-0.39, 0.29) is 24.1 Å². The zero-order valence-corrected chi connectivity index (χ0v) is 21.1. The topological polar surface area (TPSA) is 58.8 Å². The first-order chi connectivity index (χ1) is 17.6. The molecule has 2 fully saturated rings. The van der Waals surface area contributed by atoms with Crippen molar-refractivity contribution in [3.05, 3.63) is 107 Å². The lowest BCUT2D eigenvalue weighted by atomic mass is 9.99. The van der Waals surface area contributed by atoms with Crippen molar-refractivity contribution in [1.82, 2.24) is 9.80 Å². The maximum absolute atomic E-state index is 13.7. The first-order valence-corrected chi connectivity index (χ1v) is 13.2. The first-order valence-electron chi connectivity index (χ1n) is 13.2. The third kappa shape index (κ3) is 5.86. The largest absolute Gasteiger partial charge is 0.372 e. The van der Waals surface area contributed by atoms with Gasteiger partial charge in [-0.25, -0.2) is 0 Å². The van der Waals surface area contributed by atoms with E-state index in [0.717, 1.165) is 43.6 Å². The normalized spacial score (nSPS) is 23.2. The quantitative estimate of drug-likeness (QED) is 0.490. The minimum absolute atomic E-state index is 0.0308. The fraction of sp³-hybridized carbons (Fsp3) is 0.387. The summed E-state index contributed by atoms with van der Waals surface area (Å²) >= 11 is 0. The van der Waals surface area contributed by atoms with E-state index in [2.05, 4.69) is 47.4 Å². The minimum Gasteiger partial charge on any atom is -0.372 e. The summed E-state index contributed by atoms with van der Waals surface area (Å²) in [5, 5.41) is 0. The van der Waals surface area contributed by atoms with Gasteiger partial charge < -0.3 is 20.3 Å². The molecule has 5 nitrogen and oxygen atoms in total. The van der Waals surface area contributed by atoms with Crippen LogP contribution in [0.3, 0.4) is 0 Å². The molecule has 0 saturated carbocycles. The Labute approximate surface area is 214 Å². The highest BCUT2D eigenvalue weighted by Crippen LogP contribution is 2.30. The van der Waals surface area contributed by atoms with Crippen molar-refractivity contribution in [2.24, 2.45) is 5.73 Å². The van der Waals surface area contributed by atoms with Crippen LogP contribution < -0.4 is 5.73 Å². The van der Waals surface area contributed by atoms with Crippen LogP contribution in [-0.4, -0.2) is 54.0 Å². The molecule has 5 heteroatoms. The summed E-state index contributed by atoms with van der Waals surface area (Å²) in [4.78, 5) is 18.3. The molecule has 2 aliphatic rings. The molecule has 0 radical (unpaired) electrons. The van der Waals surface area contributed by atoms with Gasteiger partial charge in [0.05, 0.1) is 12.7 Å². The van der Waals surface area contributed by atoms with Gasteiger partial charge in [-0.15, -0.1) is 0 Å². The fourth-order valence-corrected chi connectivity index (χ4v) is 5.62. The molecule has 2 aliphatic heterocycles. The van der Waals surface area contributed by atoms with E-state index < -0.39 is 0 Å². The second-order valence-electron chi connectivity index (χ2n) is 10.3. The van der Waals surface area contributed by atoms with Gasteiger partial charge in [-0.2, -0.15) is 0 Å². The number of nitrogens with zero attached hydrogens (tertiary/aromatic N) is 2. The van der Waals surface area contributed by atoms with Gasteiger partial charge in [0.1, 0.15) is 0 Å². The lowest BCUT2D eigenvalue weighted by molar-refractivity contribution is 0.0437. The monoisotopic (exact) mass is 483 g/mol. The molecule has 0 aliphatic carbocycles. The van der Waals surface area contributed by atoms with Crippen molar-refractivity contribution in [3.8, 4) is 0 Å². The van der Waals surface area contributed by atoms with Crippen LogP contribution in [-0.2, 0) is 11.3 Å². The Morgan fingerprint density at radius 3 is 2.50 bits per heavy atom. The number of nitrogens with two attached hydrogens (primary N) is 1. The molecule has 188 valence electrons. The molecule has 1 amide bonds. The van der Waals surface area contributed by atoms with Gasteiger partial charge in [0.2, 0.25) is 0 Å². The van der Waals surface area contributed by atoms with Crippen molar-refractivity contribution in [1.29, 1.82) is 0 Å². The highest BCUT2D eigenvalue weighted by Gasteiger charge is 2.38. The smallest absolute Gasteiger partial charge is 0.254 e. The SMILES string of the molecule is CC(N)c1cccc(C(=O)N2CC(OCc3ccccc3)C[C@H]2CN2CCC(c3ccccc3)C2)c1. The summed E-state index contributed by atoms with van der Waals surface area (Å²) in [5.74, 6) is 0.636. The number of likely N-dealkylation sites (tertiary alicyclic amines) is 2. The molecule has 3 unspecified atom stereocenters. The Morgan fingerprint density at radius 1 is 1.00 bits per heavy atom. The van der Waals surface area contributed by atoms with E-state index in [1.165, 1.54) is 5.56 Å². The summed E-state index contributed by atoms with van der Waals surface area (Å²) < 4.78 is 6.32. The Kier molecular flexibility index (Phi) is 7.81. The summed E-state index contributed by atoms with van der Waals surface area (Å²) in [6.45, 7) is 6.13. The molecule has 3 aromatic rings. The predicted molar refractivity (Wildman–Crippen MR) is 144 cm³/mol. The maximum Gasteiger partial charge on any atom is 0.254 e. The molecule has 0 aromatic heterocycles.